The molecule has 3 aromatic rings. The van der Waals surface area contributed by atoms with Crippen molar-refractivity contribution in [3.05, 3.63) is 111 Å². The van der Waals surface area contributed by atoms with Gasteiger partial charge in [0.2, 0.25) is 0 Å². The quantitative estimate of drug-likeness (QED) is 0.351. The average Bonchev–Trinajstić information content (AvgIpc) is 3.33. The second-order valence-electron chi connectivity index (χ2n) is 6.99. The summed E-state index contributed by atoms with van der Waals surface area (Å²) in [4.78, 5) is 18.1. The molecule has 4 atom stereocenters. The van der Waals surface area contributed by atoms with Gasteiger partial charge in [-0.1, -0.05) is 66.2 Å². The summed E-state index contributed by atoms with van der Waals surface area (Å²) >= 11 is 6.05. The fraction of sp³-hybridized carbons (Fsp3) is 0.136. The zero-order chi connectivity index (χ0) is 19.3. The summed E-state index contributed by atoms with van der Waals surface area (Å²) in [6.07, 6.45) is -0.235. The van der Waals surface area contributed by atoms with E-state index in [1.165, 1.54) is 11.6 Å². The molecule has 28 heavy (non-hydrogen) atoms. The molecule has 138 valence electrons. The lowest BCUT2D eigenvalue weighted by atomic mass is 10.0. The molecule has 2 aliphatic heterocycles. The Balaban J connectivity index is 1.57. The van der Waals surface area contributed by atoms with Crippen LogP contribution < -0.4 is 0 Å². The third kappa shape index (κ3) is 2.80. The van der Waals surface area contributed by atoms with E-state index in [0.29, 0.717) is 5.02 Å². The molecule has 5 rings (SSSR count). The summed E-state index contributed by atoms with van der Waals surface area (Å²) in [6, 6.07) is 25.1. The van der Waals surface area contributed by atoms with Gasteiger partial charge < -0.3 is 0 Å². The number of hydrogen-bond acceptors (Lipinski definition) is 4. The first-order valence-corrected chi connectivity index (χ1v) is 9.41. The molecule has 0 N–H and O–H groups in total. The maximum absolute atomic E-state index is 11.2. The topological polar surface area (TPSA) is 58.5 Å². The minimum absolute atomic E-state index is 0.0855. The van der Waals surface area contributed by atoms with Gasteiger partial charge in [-0.25, -0.2) is 0 Å². The van der Waals surface area contributed by atoms with E-state index in [1.54, 1.807) is 12.1 Å². The number of non-ortho nitro benzene ring substituents is 1. The molecule has 0 spiro atoms. The summed E-state index contributed by atoms with van der Waals surface area (Å²) in [5, 5.41) is 11.9. The van der Waals surface area contributed by atoms with Crippen molar-refractivity contribution in [1.82, 2.24) is 4.90 Å². The molecule has 6 heteroatoms. The van der Waals surface area contributed by atoms with Crippen LogP contribution in [0.15, 0.2) is 83.9 Å². The van der Waals surface area contributed by atoms with Crippen molar-refractivity contribution in [3.8, 4) is 0 Å². The maximum atomic E-state index is 11.2. The molecule has 0 radical (unpaired) electrons. The number of fused-ring (bicyclic) bond motifs is 1. The third-order valence-corrected chi connectivity index (χ3v) is 5.59. The van der Waals surface area contributed by atoms with Gasteiger partial charge in [0, 0.05) is 17.2 Å². The van der Waals surface area contributed by atoms with Crippen molar-refractivity contribution in [2.75, 3.05) is 0 Å². The van der Waals surface area contributed by atoms with Crippen LogP contribution in [0.2, 0.25) is 5.02 Å². The van der Waals surface area contributed by atoms with Gasteiger partial charge in [0.15, 0.2) is 0 Å². The Bertz CT molecular complexity index is 1080. The fourth-order valence-electron chi connectivity index (χ4n) is 4.03. The van der Waals surface area contributed by atoms with Gasteiger partial charge in [-0.15, -0.1) is 0 Å². The smallest absolute Gasteiger partial charge is 0.263 e. The Hall–Kier alpha value is -3.02. The number of aliphatic imine (C=N–C) groups is 1. The highest BCUT2D eigenvalue weighted by Gasteiger charge is 2.59. The zero-order valence-corrected chi connectivity index (χ0v) is 15.5. The van der Waals surface area contributed by atoms with Crippen LogP contribution in [0, 0.1) is 10.1 Å². The Kier molecular flexibility index (Phi) is 4.00. The van der Waals surface area contributed by atoms with Crippen LogP contribution in [0.3, 0.4) is 0 Å². The molecule has 0 saturated carbocycles. The molecule has 1 fully saturated rings. The molecule has 0 aromatic heterocycles. The van der Waals surface area contributed by atoms with E-state index in [0.717, 1.165) is 16.8 Å². The Morgan fingerprint density at radius 2 is 1.61 bits per heavy atom. The minimum atomic E-state index is -0.364. The minimum Gasteiger partial charge on any atom is -0.263 e. The summed E-state index contributed by atoms with van der Waals surface area (Å²) in [6.45, 7) is 0. The van der Waals surface area contributed by atoms with Crippen LogP contribution >= 0.6 is 11.6 Å². The van der Waals surface area contributed by atoms with Gasteiger partial charge in [-0.2, -0.15) is 0 Å². The molecule has 0 amide bonds. The van der Waals surface area contributed by atoms with Crippen LogP contribution in [-0.4, -0.2) is 21.6 Å². The molecular formula is C22H16ClN3O2. The molecule has 0 bridgehead atoms. The van der Waals surface area contributed by atoms with E-state index in [2.05, 4.69) is 17.0 Å². The second kappa shape index (κ2) is 6.55. The molecule has 5 nitrogen and oxygen atoms in total. The zero-order valence-electron chi connectivity index (χ0n) is 14.8. The van der Waals surface area contributed by atoms with Crippen LogP contribution in [0.5, 0.6) is 0 Å². The molecule has 3 aromatic carbocycles. The summed E-state index contributed by atoms with van der Waals surface area (Å²) in [7, 11) is 0. The van der Waals surface area contributed by atoms with Gasteiger partial charge in [-0.05, 0) is 28.8 Å². The van der Waals surface area contributed by atoms with Gasteiger partial charge in [0.05, 0.1) is 22.7 Å². The first-order valence-electron chi connectivity index (χ1n) is 9.04. The SMILES string of the molecule is O=[N+]([O-])c1cccc([C@@H]2N=C(c3ccc(Cl)cc3)[C@H]3[C@H](c4ccccc4)N23)c1. The monoisotopic (exact) mass is 389 g/mol. The summed E-state index contributed by atoms with van der Waals surface area (Å²) in [5.41, 5.74) is 4.18. The Morgan fingerprint density at radius 3 is 2.32 bits per heavy atom. The van der Waals surface area contributed by atoms with Crippen LogP contribution in [0.4, 0.5) is 5.69 Å². The highest BCUT2D eigenvalue weighted by Crippen LogP contribution is 2.55. The van der Waals surface area contributed by atoms with Gasteiger partial charge in [-0.3, -0.25) is 20.0 Å². The summed E-state index contributed by atoms with van der Waals surface area (Å²) in [5.74, 6) is 0. The van der Waals surface area contributed by atoms with E-state index >= 15 is 0 Å². The van der Waals surface area contributed by atoms with Crippen molar-refractivity contribution in [3.63, 3.8) is 0 Å². The first-order chi connectivity index (χ1) is 13.6. The number of benzene rings is 3. The molecule has 2 heterocycles. The van der Waals surface area contributed by atoms with Crippen molar-refractivity contribution in [2.45, 2.75) is 18.2 Å². The fourth-order valence-corrected chi connectivity index (χ4v) is 4.16. The second-order valence-corrected chi connectivity index (χ2v) is 7.43. The van der Waals surface area contributed by atoms with E-state index in [1.807, 2.05) is 48.5 Å². The number of nitro benzene ring substituents is 1. The Labute approximate surface area is 167 Å². The van der Waals surface area contributed by atoms with E-state index in [9.17, 15) is 10.1 Å². The lowest BCUT2D eigenvalue weighted by Crippen LogP contribution is -2.08. The van der Waals surface area contributed by atoms with E-state index in [4.69, 9.17) is 16.6 Å². The van der Waals surface area contributed by atoms with Gasteiger partial charge in [0.1, 0.15) is 6.17 Å². The third-order valence-electron chi connectivity index (χ3n) is 5.34. The number of nitro groups is 1. The molecule has 2 aliphatic rings. The number of rotatable bonds is 4. The van der Waals surface area contributed by atoms with Crippen LogP contribution in [-0.2, 0) is 0 Å². The normalized spacial score (nSPS) is 25.1. The lowest BCUT2D eigenvalue weighted by Gasteiger charge is -2.14. The molecule has 1 unspecified atom stereocenters. The summed E-state index contributed by atoms with van der Waals surface area (Å²) < 4.78 is 0. The molecule has 0 aliphatic carbocycles. The van der Waals surface area contributed by atoms with Crippen molar-refractivity contribution in [1.29, 1.82) is 0 Å². The van der Waals surface area contributed by atoms with Crippen molar-refractivity contribution >= 4 is 23.0 Å². The highest BCUT2D eigenvalue weighted by molar-refractivity contribution is 6.30. The van der Waals surface area contributed by atoms with Crippen molar-refractivity contribution < 1.29 is 4.92 Å². The van der Waals surface area contributed by atoms with Gasteiger partial charge in [0.25, 0.3) is 5.69 Å². The predicted molar refractivity (Wildman–Crippen MR) is 109 cm³/mol. The standard InChI is InChI=1S/C22H16ClN3O2/c23-17-11-9-14(10-12-17)19-21-20(15-5-2-1-3-6-15)25(21)22(24-19)16-7-4-8-18(13-16)26(27)28/h1-13,20-22H/t20-,21-,22+,25?/m0/s1. The molecule has 1 saturated heterocycles. The number of hydrogen-bond donors (Lipinski definition) is 0. The number of nitrogens with zero attached hydrogens (tertiary/aromatic N) is 3. The molecular weight excluding hydrogens is 374 g/mol. The van der Waals surface area contributed by atoms with Crippen LogP contribution in [0.25, 0.3) is 0 Å². The lowest BCUT2D eigenvalue weighted by molar-refractivity contribution is -0.384. The highest BCUT2D eigenvalue weighted by atomic mass is 35.5. The van der Waals surface area contributed by atoms with Crippen LogP contribution in [0.1, 0.15) is 28.9 Å². The maximum Gasteiger partial charge on any atom is 0.269 e. The first kappa shape index (κ1) is 17.1. The predicted octanol–water partition coefficient (Wildman–Crippen LogP) is 5.18. The largest absolute Gasteiger partial charge is 0.269 e. The van der Waals surface area contributed by atoms with Gasteiger partial charge >= 0.3 is 0 Å². The van der Waals surface area contributed by atoms with E-state index < -0.39 is 0 Å². The van der Waals surface area contributed by atoms with E-state index in [-0.39, 0.29) is 28.9 Å². The Morgan fingerprint density at radius 1 is 0.893 bits per heavy atom. The van der Waals surface area contributed by atoms with Crippen molar-refractivity contribution in [2.24, 2.45) is 4.99 Å². The number of halogens is 1. The average molecular weight is 390 g/mol.